The molecule has 1 aliphatic heterocycles. The van der Waals surface area contributed by atoms with Crippen LogP contribution in [0.3, 0.4) is 0 Å². The molecule has 7 nitrogen and oxygen atoms in total. The Morgan fingerprint density at radius 3 is 2.28 bits per heavy atom. The fraction of sp³-hybridized carbons (Fsp3) is 0.0909. The minimum Gasteiger partial charge on any atom is -0.480 e. The second-order valence-electron chi connectivity index (χ2n) is 6.74. The average Bonchev–Trinajstić information content (AvgIpc) is 2.96. The van der Waals surface area contributed by atoms with Crippen molar-refractivity contribution in [1.29, 1.82) is 0 Å². The number of benzene rings is 3. The highest BCUT2D eigenvalue weighted by atomic mass is 16.4. The van der Waals surface area contributed by atoms with Gasteiger partial charge in [0.05, 0.1) is 16.7 Å². The van der Waals surface area contributed by atoms with Crippen molar-refractivity contribution in [1.82, 2.24) is 4.90 Å². The number of rotatable bonds is 5. The van der Waals surface area contributed by atoms with Gasteiger partial charge in [-0.15, -0.1) is 0 Å². The molecule has 0 bridgehead atoms. The summed E-state index contributed by atoms with van der Waals surface area (Å²) in [6, 6.07) is 15.0. The second-order valence-corrected chi connectivity index (χ2v) is 6.74. The van der Waals surface area contributed by atoms with Crippen molar-refractivity contribution in [3.63, 3.8) is 0 Å². The van der Waals surface area contributed by atoms with Gasteiger partial charge in [0.2, 0.25) is 0 Å². The molecule has 144 valence electrons. The highest BCUT2D eigenvalue weighted by Gasteiger charge is 2.43. The molecule has 29 heavy (non-hydrogen) atoms. The van der Waals surface area contributed by atoms with Crippen LogP contribution in [-0.2, 0) is 11.2 Å². The van der Waals surface area contributed by atoms with E-state index in [9.17, 15) is 24.3 Å². The summed E-state index contributed by atoms with van der Waals surface area (Å²) in [5, 5.41) is 20.7. The Bertz CT molecular complexity index is 1190. The standard InChI is InChI=1S/C22H15NO6/c24-19-16-9-8-14(21(26)27)10-17(16)20(25)23(19)18(22(28)29)11-13-6-3-5-12-4-1-2-7-15(12)13/h1-10,18H,11H2,(H,26,27)(H,28,29)/t18-/m1/s1. The molecule has 1 atom stereocenters. The van der Waals surface area contributed by atoms with E-state index in [2.05, 4.69) is 0 Å². The van der Waals surface area contributed by atoms with Crippen LogP contribution in [0.25, 0.3) is 10.8 Å². The second kappa shape index (κ2) is 6.87. The van der Waals surface area contributed by atoms with Crippen molar-refractivity contribution in [3.05, 3.63) is 82.9 Å². The minimum absolute atomic E-state index is 0.00386. The summed E-state index contributed by atoms with van der Waals surface area (Å²) in [6.07, 6.45) is -0.0616. The third kappa shape index (κ3) is 3.02. The Hall–Kier alpha value is -4.00. The van der Waals surface area contributed by atoms with Gasteiger partial charge in [0.15, 0.2) is 0 Å². The summed E-state index contributed by atoms with van der Waals surface area (Å²) in [6.45, 7) is 0. The molecule has 1 aliphatic rings. The van der Waals surface area contributed by atoms with Gasteiger partial charge in [-0.1, -0.05) is 42.5 Å². The van der Waals surface area contributed by atoms with Crippen LogP contribution in [-0.4, -0.2) is 44.9 Å². The van der Waals surface area contributed by atoms with E-state index in [-0.39, 0.29) is 23.1 Å². The Balaban J connectivity index is 1.74. The van der Waals surface area contributed by atoms with Crippen LogP contribution in [0.4, 0.5) is 0 Å². The molecule has 0 saturated heterocycles. The Morgan fingerprint density at radius 1 is 0.862 bits per heavy atom. The van der Waals surface area contributed by atoms with Crippen molar-refractivity contribution < 1.29 is 29.4 Å². The van der Waals surface area contributed by atoms with Gasteiger partial charge in [0, 0.05) is 6.42 Å². The lowest BCUT2D eigenvalue weighted by atomic mass is 9.98. The molecule has 1 heterocycles. The zero-order chi connectivity index (χ0) is 20.7. The first kappa shape index (κ1) is 18.4. The molecular formula is C22H15NO6. The van der Waals surface area contributed by atoms with Crippen LogP contribution in [0.1, 0.15) is 36.6 Å². The lowest BCUT2D eigenvalue weighted by Gasteiger charge is -2.23. The number of carbonyl (C=O) groups is 4. The van der Waals surface area contributed by atoms with Gasteiger partial charge in [-0.3, -0.25) is 14.5 Å². The molecule has 0 radical (unpaired) electrons. The van der Waals surface area contributed by atoms with Gasteiger partial charge in [-0.2, -0.15) is 0 Å². The van der Waals surface area contributed by atoms with Crippen LogP contribution in [0.5, 0.6) is 0 Å². The SMILES string of the molecule is O=C(O)c1ccc2c(c1)C(=O)N([C@H](Cc1cccc3ccccc13)C(=O)O)C2=O. The van der Waals surface area contributed by atoms with Gasteiger partial charge >= 0.3 is 11.9 Å². The predicted octanol–water partition coefficient (Wildman–Crippen LogP) is 2.83. The predicted molar refractivity (Wildman–Crippen MR) is 103 cm³/mol. The van der Waals surface area contributed by atoms with E-state index in [0.29, 0.717) is 10.5 Å². The number of carboxylic acids is 2. The van der Waals surface area contributed by atoms with E-state index in [1.165, 1.54) is 12.1 Å². The van der Waals surface area contributed by atoms with Crippen molar-refractivity contribution in [2.24, 2.45) is 0 Å². The first-order valence-corrected chi connectivity index (χ1v) is 8.83. The minimum atomic E-state index is -1.42. The molecule has 0 unspecified atom stereocenters. The first-order valence-electron chi connectivity index (χ1n) is 8.83. The number of hydrogen-bond acceptors (Lipinski definition) is 4. The summed E-state index contributed by atoms with van der Waals surface area (Å²) in [7, 11) is 0. The normalized spacial score (nSPS) is 14.1. The number of carboxylic acid groups (broad SMARTS) is 2. The molecular weight excluding hydrogens is 374 g/mol. The maximum absolute atomic E-state index is 12.8. The molecule has 0 aromatic heterocycles. The van der Waals surface area contributed by atoms with E-state index in [4.69, 9.17) is 5.11 Å². The van der Waals surface area contributed by atoms with Crippen LogP contribution < -0.4 is 0 Å². The Labute approximate surface area is 164 Å². The monoisotopic (exact) mass is 389 g/mol. The zero-order valence-electron chi connectivity index (χ0n) is 15.0. The summed E-state index contributed by atoms with van der Waals surface area (Å²) in [4.78, 5) is 49.5. The molecule has 2 amide bonds. The molecule has 3 aromatic rings. The van der Waals surface area contributed by atoms with Gasteiger partial charge < -0.3 is 10.2 Å². The number of nitrogens with zero attached hydrogens (tertiary/aromatic N) is 1. The molecule has 2 N–H and O–H groups in total. The largest absolute Gasteiger partial charge is 0.480 e. The third-order valence-corrected chi connectivity index (χ3v) is 5.05. The molecule has 7 heteroatoms. The number of carbonyl (C=O) groups excluding carboxylic acids is 2. The highest BCUT2D eigenvalue weighted by Crippen LogP contribution is 2.28. The van der Waals surface area contributed by atoms with Crippen molar-refractivity contribution in [3.8, 4) is 0 Å². The quantitative estimate of drug-likeness (QED) is 0.649. The average molecular weight is 389 g/mol. The number of amides is 2. The van der Waals surface area contributed by atoms with Crippen LogP contribution in [0, 0.1) is 0 Å². The third-order valence-electron chi connectivity index (χ3n) is 5.05. The molecule has 4 rings (SSSR count). The first-order chi connectivity index (χ1) is 13.9. The summed E-state index contributed by atoms with van der Waals surface area (Å²) in [5.74, 6) is -4.10. The maximum Gasteiger partial charge on any atom is 0.335 e. The topological polar surface area (TPSA) is 112 Å². The fourth-order valence-corrected chi connectivity index (χ4v) is 3.64. The molecule has 0 saturated carbocycles. The van der Waals surface area contributed by atoms with E-state index in [1.807, 2.05) is 30.3 Å². The fourth-order valence-electron chi connectivity index (χ4n) is 3.64. The molecule has 0 spiro atoms. The number of fused-ring (bicyclic) bond motifs is 2. The van der Waals surface area contributed by atoms with Crippen LogP contribution in [0.15, 0.2) is 60.7 Å². The van der Waals surface area contributed by atoms with Crippen LogP contribution in [0.2, 0.25) is 0 Å². The zero-order valence-corrected chi connectivity index (χ0v) is 15.0. The maximum atomic E-state index is 12.8. The number of aliphatic carboxylic acids is 1. The van der Waals surface area contributed by atoms with E-state index >= 15 is 0 Å². The van der Waals surface area contributed by atoms with Crippen molar-refractivity contribution in [2.45, 2.75) is 12.5 Å². The van der Waals surface area contributed by atoms with E-state index in [0.717, 1.165) is 16.8 Å². The van der Waals surface area contributed by atoms with Gasteiger partial charge in [-0.25, -0.2) is 9.59 Å². The summed E-state index contributed by atoms with van der Waals surface area (Å²) in [5.41, 5.74) is 0.453. The summed E-state index contributed by atoms with van der Waals surface area (Å²) >= 11 is 0. The van der Waals surface area contributed by atoms with Gasteiger partial charge in [0.1, 0.15) is 6.04 Å². The lowest BCUT2D eigenvalue weighted by Crippen LogP contribution is -2.46. The van der Waals surface area contributed by atoms with E-state index < -0.39 is 29.8 Å². The molecule has 3 aromatic carbocycles. The smallest absolute Gasteiger partial charge is 0.335 e. The van der Waals surface area contributed by atoms with E-state index in [1.54, 1.807) is 12.1 Å². The number of aromatic carboxylic acids is 1. The Kier molecular flexibility index (Phi) is 4.35. The van der Waals surface area contributed by atoms with Gasteiger partial charge in [0.25, 0.3) is 11.8 Å². The van der Waals surface area contributed by atoms with Crippen molar-refractivity contribution >= 4 is 34.5 Å². The van der Waals surface area contributed by atoms with Crippen molar-refractivity contribution in [2.75, 3.05) is 0 Å². The number of hydrogen-bond donors (Lipinski definition) is 2. The highest BCUT2D eigenvalue weighted by molar-refractivity contribution is 6.23. The van der Waals surface area contributed by atoms with Gasteiger partial charge in [-0.05, 0) is 34.5 Å². The lowest BCUT2D eigenvalue weighted by molar-refractivity contribution is -0.141. The number of imide groups is 1. The molecule has 0 fully saturated rings. The Morgan fingerprint density at radius 2 is 1.55 bits per heavy atom. The summed E-state index contributed by atoms with van der Waals surface area (Å²) < 4.78 is 0. The van der Waals surface area contributed by atoms with Crippen LogP contribution >= 0.6 is 0 Å². The molecule has 0 aliphatic carbocycles.